The summed E-state index contributed by atoms with van der Waals surface area (Å²) in [5, 5.41) is 3.56. The Kier molecular flexibility index (Phi) is 3.40. The summed E-state index contributed by atoms with van der Waals surface area (Å²) in [5.41, 5.74) is 1.19. The van der Waals surface area contributed by atoms with Crippen molar-refractivity contribution >= 4 is 16.7 Å². The van der Waals surface area contributed by atoms with Gasteiger partial charge < -0.3 is 0 Å². The quantitative estimate of drug-likeness (QED) is 0.497. The second-order valence-electron chi connectivity index (χ2n) is 4.14. The maximum absolute atomic E-state index is 11.5. The number of hydrogen-bond acceptors (Lipinski definition) is 2. The van der Waals surface area contributed by atoms with Gasteiger partial charge in [-0.05, 0) is 22.8 Å². The van der Waals surface area contributed by atoms with Crippen LogP contribution in [-0.4, -0.2) is 18.0 Å². The second kappa shape index (κ2) is 4.97. The minimum atomic E-state index is -0.0436. The zero-order chi connectivity index (χ0) is 12.3. The smallest absolute Gasteiger partial charge is 0.236 e. The molecule has 88 valence electrons. The standard InChI is InChI=1S/C14H16N2O/c1-16(15)14(17)10-9-12-7-4-6-11-5-2-3-8-13(11)12/h2-8H,9-10,15H2,1H3. The number of hydrogen-bond donors (Lipinski definition) is 1. The molecule has 2 aromatic carbocycles. The Morgan fingerprint density at radius 1 is 1.18 bits per heavy atom. The molecule has 0 spiro atoms. The first-order valence-corrected chi connectivity index (χ1v) is 5.66. The fourth-order valence-electron chi connectivity index (χ4n) is 1.93. The summed E-state index contributed by atoms with van der Waals surface area (Å²) in [6.07, 6.45) is 1.17. The molecule has 0 heterocycles. The van der Waals surface area contributed by atoms with Crippen molar-refractivity contribution in [3.63, 3.8) is 0 Å². The molecule has 2 rings (SSSR count). The van der Waals surface area contributed by atoms with Gasteiger partial charge in [0.25, 0.3) is 0 Å². The zero-order valence-electron chi connectivity index (χ0n) is 9.89. The molecule has 1 amide bonds. The highest BCUT2D eigenvalue weighted by molar-refractivity contribution is 5.86. The summed E-state index contributed by atoms with van der Waals surface area (Å²) in [6, 6.07) is 14.4. The largest absolute Gasteiger partial charge is 0.284 e. The number of aryl methyl sites for hydroxylation is 1. The Bertz CT molecular complexity index is 529. The van der Waals surface area contributed by atoms with Gasteiger partial charge in [-0.15, -0.1) is 0 Å². The molecule has 17 heavy (non-hydrogen) atoms. The summed E-state index contributed by atoms with van der Waals surface area (Å²) in [7, 11) is 1.57. The fraction of sp³-hybridized carbons (Fsp3) is 0.214. The van der Waals surface area contributed by atoms with E-state index in [0.717, 1.165) is 11.4 Å². The van der Waals surface area contributed by atoms with Crippen LogP contribution in [0.3, 0.4) is 0 Å². The van der Waals surface area contributed by atoms with Crippen LogP contribution < -0.4 is 5.84 Å². The van der Waals surface area contributed by atoms with E-state index in [1.165, 1.54) is 16.3 Å². The molecule has 0 fully saturated rings. The Balaban J connectivity index is 2.21. The summed E-state index contributed by atoms with van der Waals surface area (Å²) < 4.78 is 0. The molecule has 0 unspecified atom stereocenters. The van der Waals surface area contributed by atoms with Gasteiger partial charge in [-0.2, -0.15) is 0 Å². The topological polar surface area (TPSA) is 46.3 Å². The number of carbonyl (C=O) groups excluding carboxylic acids is 1. The van der Waals surface area contributed by atoms with Crippen molar-refractivity contribution in [3.8, 4) is 0 Å². The lowest BCUT2D eigenvalue weighted by Crippen LogP contribution is -2.33. The van der Waals surface area contributed by atoms with E-state index in [0.29, 0.717) is 6.42 Å². The Hall–Kier alpha value is -1.87. The highest BCUT2D eigenvalue weighted by Crippen LogP contribution is 2.19. The number of nitrogens with two attached hydrogens (primary N) is 1. The summed E-state index contributed by atoms with van der Waals surface area (Å²) >= 11 is 0. The molecule has 2 N–H and O–H groups in total. The van der Waals surface area contributed by atoms with Crippen LogP contribution in [0.2, 0.25) is 0 Å². The maximum Gasteiger partial charge on any atom is 0.236 e. The lowest BCUT2D eigenvalue weighted by atomic mass is 10.0. The van der Waals surface area contributed by atoms with Crippen LogP contribution in [0, 0.1) is 0 Å². The Labute approximate surface area is 101 Å². The fourth-order valence-corrected chi connectivity index (χ4v) is 1.93. The van der Waals surface area contributed by atoms with Gasteiger partial charge in [0.05, 0.1) is 0 Å². The van der Waals surface area contributed by atoms with Gasteiger partial charge in [-0.25, -0.2) is 5.84 Å². The molecule has 0 aliphatic heterocycles. The van der Waals surface area contributed by atoms with E-state index < -0.39 is 0 Å². The third-order valence-corrected chi connectivity index (χ3v) is 2.88. The molecule has 0 radical (unpaired) electrons. The van der Waals surface area contributed by atoms with Crippen molar-refractivity contribution in [1.29, 1.82) is 0 Å². The summed E-state index contributed by atoms with van der Waals surface area (Å²) in [4.78, 5) is 11.5. The van der Waals surface area contributed by atoms with Crippen molar-refractivity contribution in [2.45, 2.75) is 12.8 Å². The number of rotatable bonds is 3. The highest BCUT2D eigenvalue weighted by Gasteiger charge is 2.06. The monoisotopic (exact) mass is 228 g/mol. The van der Waals surface area contributed by atoms with E-state index in [1.807, 2.05) is 18.2 Å². The molecule has 0 aromatic heterocycles. The average molecular weight is 228 g/mol. The minimum absolute atomic E-state index is 0.0436. The van der Waals surface area contributed by atoms with E-state index >= 15 is 0 Å². The molecular formula is C14H16N2O. The lowest BCUT2D eigenvalue weighted by Gasteiger charge is -2.10. The zero-order valence-corrected chi connectivity index (χ0v) is 9.89. The molecule has 0 saturated carbocycles. The first-order chi connectivity index (χ1) is 8.18. The molecule has 0 bridgehead atoms. The number of fused-ring (bicyclic) bond motifs is 1. The van der Waals surface area contributed by atoms with Gasteiger partial charge >= 0.3 is 0 Å². The lowest BCUT2D eigenvalue weighted by molar-refractivity contribution is -0.130. The SMILES string of the molecule is CN(N)C(=O)CCc1cccc2ccccc12. The van der Waals surface area contributed by atoms with Gasteiger partial charge in [0, 0.05) is 13.5 Å². The van der Waals surface area contributed by atoms with E-state index in [9.17, 15) is 4.79 Å². The van der Waals surface area contributed by atoms with Gasteiger partial charge in [0.1, 0.15) is 0 Å². The predicted octanol–water partition coefficient (Wildman–Crippen LogP) is 2.10. The number of nitrogens with zero attached hydrogens (tertiary/aromatic N) is 1. The number of hydrazine groups is 1. The van der Waals surface area contributed by atoms with Crippen molar-refractivity contribution in [3.05, 3.63) is 48.0 Å². The van der Waals surface area contributed by atoms with Crippen LogP contribution >= 0.6 is 0 Å². The maximum atomic E-state index is 11.5. The summed E-state index contributed by atoms with van der Waals surface area (Å²) in [5.74, 6) is 5.35. The van der Waals surface area contributed by atoms with E-state index in [4.69, 9.17) is 5.84 Å². The third-order valence-electron chi connectivity index (χ3n) is 2.88. The van der Waals surface area contributed by atoms with E-state index in [1.54, 1.807) is 7.05 Å². The second-order valence-corrected chi connectivity index (χ2v) is 4.14. The normalized spacial score (nSPS) is 10.5. The number of amides is 1. The van der Waals surface area contributed by atoms with Crippen LogP contribution in [0.15, 0.2) is 42.5 Å². The molecule has 0 aliphatic carbocycles. The molecule has 3 nitrogen and oxygen atoms in total. The van der Waals surface area contributed by atoms with Crippen LogP contribution in [0.1, 0.15) is 12.0 Å². The van der Waals surface area contributed by atoms with Crippen molar-refractivity contribution < 1.29 is 4.79 Å². The van der Waals surface area contributed by atoms with E-state index in [-0.39, 0.29) is 5.91 Å². The van der Waals surface area contributed by atoms with Crippen LogP contribution in [-0.2, 0) is 11.2 Å². The van der Waals surface area contributed by atoms with Gasteiger partial charge in [0.2, 0.25) is 5.91 Å². The van der Waals surface area contributed by atoms with Crippen molar-refractivity contribution in [2.75, 3.05) is 7.05 Å². The van der Waals surface area contributed by atoms with E-state index in [2.05, 4.69) is 24.3 Å². The first kappa shape index (κ1) is 11.6. The molecular weight excluding hydrogens is 212 g/mol. The summed E-state index contributed by atoms with van der Waals surface area (Å²) in [6.45, 7) is 0. The Morgan fingerprint density at radius 2 is 1.88 bits per heavy atom. The Morgan fingerprint density at radius 3 is 2.65 bits per heavy atom. The van der Waals surface area contributed by atoms with Gasteiger partial charge in [0.15, 0.2) is 0 Å². The van der Waals surface area contributed by atoms with Gasteiger partial charge in [-0.1, -0.05) is 42.5 Å². The predicted molar refractivity (Wildman–Crippen MR) is 69.2 cm³/mol. The van der Waals surface area contributed by atoms with Crippen LogP contribution in [0.5, 0.6) is 0 Å². The van der Waals surface area contributed by atoms with Gasteiger partial charge in [-0.3, -0.25) is 9.80 Å². The van der Waals surface area contributed by atoms with Crippen LogP contribution in [0.25, 0.3) is 10.8 Å². The number of carbonyl (C=O) groups is 1. The van der Waals surface area contributed by atoms with Crippen molar-refractivity contribution in [1.82, 2.24) is 5.01 Å². The van der Waals surface area contributed by atoms with Crippen LogP contribution in [0.4, 0.5) is 0 Å². The highest BCUT2D eigenvalue weighted by atomic mass is 16.2. The molecule has 3 heteroatoms. The van der Waals surface area contributed by atoms with Crippen molar-refractivity contribution in [2.24, 2.45) is 5.84 Å². The number of benzene rings is 2. The molecule has 0 atom stereocenters. The minimum Gasteiger partial charge on any atom is -0.284 e. The average Bonchev–Trinajstić information content (AvgIpc) is 2.35. The molecule has 2 aromatic rings. The third kappa shape index (κ3) is 2.63. The molecule has 0 saturated heterocycles. The first-order valence-electron chi connectivity index (χ1n) is 5.66. The molecule has 0 aliphatic rings.